The highest BCUT2D eigenvalue weighted by atomic mass is 35.5. The van der Waals surface area contributed by atoms with E-state index in [1.165, 1.54) is 30.0 Å². The van der Waals surface area contributed by atoms with E-state index in [4.69, 9.17) is 11.6 Å². The van der Waals surface area contributed by atoms with Gasteiger partial charge in [-0.2, -0.15) is 0 Å². The SMILES string of the molecule is Cc1ccc(S(=O)(=O)Nc2ccc(SC(C(=O)Nc3ccc(F)c(Cl)c3)c3ccccc3)cc2)cc1. The van der Waals surface area contributed by atoms with Crippen LogP contribution in [0.4, 0.5) is 15.8 Å². The summed E-state index contributed by atoms with van der Waals surface area (Å²) in [6, 6.07) is 26.6. The van der Waals surface area contributed by atoms with Crippen molar-refractivity contribution in [2.45, 2.75) is 22.0 Å². The van der Waals surface area contributed by atoms with E-state index >= 15 is 0 Å². The van der Waals surface area contributed by atoms with Crippen LogP contribution in [0.1, 0.15) is 16.4 Å². The normalized spacial score (nSPS) is 12.1. The molecule has 9 heteroatoms. The van der Waals surface area contributed by atoms with Crippen LogP contribution in [-0.4, -0.2) is 14.3 Å². The molecule has 4 rings (SSSR count). The van der Waals surface area contributed by atoms with Crippen molar-refractivity contribution in [2.75, 3.05) is 10.0 Å². The van der Waals surface area contributed by atoms with Gasteiger partial charge in [-0.05, 0) is 67.1 Å². The van der Waals surface area contributed by atoms with Crippen molar-refractivity contribution in [3.8, 4) is 0 Å². The lowest BCUT2D eigenvalue weighted by molar-refractivity contribution is -0.115. The van der Waals surface area contributed by atoms with Gasteiger partial charge in [-0.25, -0.2) is 12.8 Å². The molecule has 0 bridgehead atoms. The average molecular weight is 541 g/mol. The van der Waals surface area contributed by atoms with E-state index in [1.54, 1.807) is 48.5 Å². The topological polar surface area (TPSA) is 75.3 Å². The van der Waals surface area contributed by atoms with E-state index in [2.05, 4.69) is 10.0 Å². The quantitative estimate of drug-likeness (QED) is 0.235. The first kappa shape index (κ1) is 25.8. The summed E-state index contributed by atoms with van der Waals surface area (Å²) in [4.78, 5) is 14.1. The lowest BCUT2D eigenvalue weighted by Crippen LogP contribution is -2.19. The second-order valence-corrected chi connectivity index (χ2v) is 11.2. The van der Waals surface area contributed by atoms with Crippen molar-refractivity contribution in [3.63, 3.8) is 0 Å². The number of amides is 1. The minimum absolute atomic E-state index is 0.0830. The zero-order valence-corrected chi connectivity index (χ0v) is 21.5. The number of hydrogen-bond acceptors (Lipinski definition) is 4. The highest BCUT2D eigenvalue weighted by molar-refractivity contribution is 8.00. The van der Waals surface area contributed by atoms with E-state index in [0.29, 0.717) is 11.4 Å². The fourth-order valence-corrected chi connectivity index (χ4v) is 5.62. The Labute approximate surface area is 218 Å². The molecule has 4 aromatic rings. The number of carbonyl (C=O) groups excluding carboxylic acids is 1. The van der Waals surface area contributed by atoms with Crippen LogP contribution in [0.15, 0.2) is 107 Å². The molecule has 0 saturated carbocycles. The highest BCUT2D eigenvalue weighted by Gasteiger charge is 2.23. The Morgan fingerprint density at radius 1 is 0.889 bits per heavy atom. The first-order valence-electron chi connectivity index (χ1n) is 10.9. The molecule has 0 radical (unpaired) electrons. The van der Waals surface area contributed by atoms with Crippen molar-refractivity contribution in [1.29, 1.82) is 0 Å². The van der Waals surface area contributed by atoms with Gasteiger partial charge in [0.25, 0.3) is 10.0 Å². The maximum absolute atomic E-state index is 13.5. The Morgan fingerprint density at radius 3 is 2.17 bits per heavy atom. The number of halogens is 2. The molecule has 0 aliphatic carbocycles. The maximum atomic E-state index is 13.5. The summed E-state index contributed by atoms with van der Waals surface area (Å²) in [6.07, 6.45) is 0. The molecular formula is C27H22ClFN2O3S2. The molecule has 184 valence electrons. The number of hydrogen-bond donors (Lipinski definition) is 2. The molecule has 0 saturated heterocycles. The fourth-order valence-electron chi connectivity index (χ4n) is 3.35. The molecule has 4 aromatic carbocycles. The number of thioether (sulfide) groups is 1. The molecule has 1 atom stereocenters. The van der Waals surface area contributed by atoms with Crippen LogP contribution in [-0.2, 0) is 14.8 Å². The molecule has 0 heterocycles. The van der Waals surface area contributed by atoms with Crippen LogP contribution < -0.4 is 10.0 Å². The third-order valence-corrected chi connectivity index (χ3v) is 8.17. The molecule has 0 spiro atoms. The Balaban J connectivity index is 1.51. The smallest absolute Gasteiger partial charge is 0.261 e. The van der Waals surface area contributed by atoms with Crippen molar-refractivity contribution in [2.24, 2.45) is 0 Å². The summed E-state index contributed by atoms with van der Waals surface area (Å²) < 4.78 is 41.4. The number of benzene rings is 4. The first-order chi connectivity index (χ1) is 17.2. The second-order valence-electron chi connectivity index (χ2n) is 7.97. The predicted molar refractivity (Wildman–Crippen MR) is 144 cm³/mol. The summed E-state index contributed by atoms with van der Waals surface area (Å²) in [6.45, 7) is 1.89. The van der Waals surface area contributed by atoms with Crippen LogP contribution in [0.3, 0.4) is 0 Å². The first-order valence-corrected chi connectivity index (χ1v) is 13.6. The fraction of sp³-hybridized carbons (Fsp3) is 0.0741. The number of aryl methyl sites for hydroxylation is 1. The summed E-state index contributed by atoms with van der Waals surface area (Å²) in [5.41, 5.74) is 2.53. The van der Waals surface area contributed by atoms with Crippen molar-refractivity contribution >= 4 is 50.7 Å². The van der Waals surface area contributed by atoms with E-state index in [-0.39, 0.29) is 15.8 Å². The molecule has 0 aliphatic rings. The number of anilines is 2. The van der Waals surface area contributed by atoms with Gasteiger partial charge >= 0.3 is 0 Å². The van der Waals surface area contributed by atoms with Crippen LogP contribution in [0.5, 0.6) is 0 Å². The Morgan fingerprint density at radius 2 is 1.53 bits per heavy atom. The van der Waals surface area contributed by atoms with Crippen LogP contribution in [0, 0.1) is 12.7 Å². The Bertz CT molecular complexity index is 1460. The van der Waals surface area contributed by atoms with Gasteiger partial charge in [-0.3, -0.25) is 9.52 Å². The zero-order valence-electron chi connectivity index (χ0n) is 19.1. The monoisotopic (exact) mass is 540 g/mol. The van der Waals surface area contributed by atoms with Gasteiger partial charge in [0.2, 0.25) is 5.91 Å². The van der Waals surface area contributed by atoms with Crippen LogP contribution >= 0.6 is 23.4 Å². The number of nitrogens with one attached hydrogen (secondary N) is 2. The molecule has 1 unspecified atom stereocenters. The van der Waals surface area contributed by atoms with Crippen molar-refractivity contribution < 1.29 is 17.6 Å². The minimum Gasteiger partial charge on any atom is -0.325 e. The van der Waals surface area contributed by atoms with Crippen LogP contribution in [0.25, 0.3) is 0 Å². The standard InChI is InChI=1S/C27H22ClFN2O3S2/c1-18-7-14-23(15-8-18)36(33,34)31-20-9-12-22(13-10-20)35-26(19-5-3-2-4-6-19)27(32)30-21-11-16-25(29)24(28)17-21/h2-17,26,31H,1H3,(H,30,32). The van der Waals surface area contributed by atoms with Gasteiger partial charge in [0.15, 0.2) is 0 Å². The lowest BCUT2D eigenvalue weighted by atomic mass is 10.1. The summed E-state index contributed by atoms with van der Waals surface area (Å²) >= 11 is 7.15. The highest BCUT2D eigenvalue weighted by Crippen LogP contribution is 2.37. The van der Waals surface area contributed by atoms with Gasteiger partial charge in [0.1, 0.15) is 11.1 Å². The molecule has 0 fully saturated rings. The van der Waals surface area contributed by atoms with E-state index in [1.807, 2.05) is 37.3 Å². The molecule has 1 amide bonds. The number of rotatable bonds is 8. The van der Waals surface area contributed by atoms with E-state index in [9.17, 15) is 17.6 Å². The summed E-state index contributed by atoms with van der Waals surface area (Å²) in [5.74, 6) is -0.875. The maximum Gasteiger partial charge on any atom is 0.261 e. The van der Waals surface area contributed by atoms with Crippen molar-refractivity contribution in [1.82, 2.24) is 0 Å². The molecule has 36 heavy (non-hydrogen) atoms. The van der Waals surface area contributed by atoms with Crippen molar-refractivity contribution in [3.05, 3.63) is 119 Å². The largest absolute Gasteiger partial charge is 0.325 e. The lowest BCUT2D eigenvalue weighted by Gasteiger charge is -2.18. The molecule has 5 nitrogen and oxygen atoms in total. The number of carbonyl (C=O) groups is 1. The van der Waals surface area contributed by atoms with E-state index < -0.39 is 21.1 Å². The van der Waals surface area contributed by atoms with Gasteiger partial charge in [-0.15, -0.1) is 11.8 Å². The average Bonchev–Trinajstić information content (AvgIpc) is 2.86. The van der Waals surface area contributed by atoms with Gasteiger partial charge in [0, 0.05) is 16.3 Å². The molecule has 0 aliphatic heterocycles. The predicted octanol–water partition coefficient (Wildman–Crippen LogP) is 7.06. The Hall–Kier alpha value is -3.33. The van der Waals surface area contributed by atoms with Gasteiger partial charge in [0.05, 0.1) is 9.92 Å². The number of sulfonamides is 1. The molecular weight excluding hydrogens is 519 g/mol. The zero-order chi connectivity index (χ0) is 25.7. The minimum atomic E-state index is -3.72. The van der Waals surface area contributed by atoms with Crippen LogP contribution in [0.2, 0.25) is 5.02 Å². The summed E-state index contributed by atoms with van der Waals surface area (Å²) in [5, 5.41) is 2.09. The Kier molecular flexibility index (Phi) is 7.98. The molecule has 2 N–H and O–H groups in total. The van der Waals surface area contributed by atoms with E-state index in [0.717, 1.165) is 16.0 Å². The second kappa shape index (κ2) is 11.2. The van der Waals surface area contributed by atoms with Gasteiger partial charge < -0.3 is 5.32 Å². The van der Waals surface area contributed by atoms with Gasteiger partial charge in [-0.1, -0.05) is 59.6 Å². The summed E-state index contributed by atoms with van der Waals surface area (Å²) in [7, 11) is -3.72. The third kappa shape index (κ3) is 6.46. The third-order valence-electron chi connectivity index (χ3n) is 5.22. The molecule has 0 aromatic heterocycles.